The van der Waals surface area contributed by atoms with Gasteiger partial charge < -0.3 is 9.84 Å². The van der Waals surface area contributed by atoms with Crippen molar-refractivity contribution in [3.63, 3.8) is 0 Å². The van der Waals surface area contributed by atoms with Crippen LogP contribution >= 0.6 is 0 Å². The zero-order valence-corrected chi connectivity index (χ0v) is 8.07. The maximum Gasteiger partial charge on any atom is 0.342 e. The number of hydrogen-bond donors (Lipinski definition) is 1. The summed E-state index contributed by atoms with van der Waals surface area (Å²) < 4.78 is 18.3. The van der Waals surface area contributed by atoms with Gasteiger partial charge in [-0.1, -0.05) is 12.1 Å². The van der Waals surface area contributed by atoms with Crippen molar-refractivity contribution in [2.75, 3.05) is 6.61 Å². The lowest BCUT2D eigenvalue weighted by atomic mass is 10.2. The Hall–Kier alpha value is -1.84. The number of benzene rings is 1. The molecule has 0 aliphatic carbocycles. The van der Waals surface area contributed by atoms with Crippen LogP contribution in [0.4, 0.5) is 4.39 Å². The third-order valence-electron chi connectivity index (χ3n) is 1.77. The highest BCUT2D eigenvalue weighted by atomic mass is 19.1. The normalized spacial score (nSPS) is 9.67. The van der Waals surface area contributed by atoms with Crippen molar-refractivity contribution >= 4 is 5.97 Å². The van der Waals surface area contributed by atoms with Gasteiger partial charge in [0.15, 0.2) is 0 Å². The largest absolute Gasteiger partial charge is 0.492 e. The van der Waals surface area contributed by atoms with Crippen molar-refractivity contribution in [1.82, 2.24) is 0 Å². The molecule has 80 valence electrons. The number of aromatic carboxylic acids is 1. The fourth-order valence-electron chi connectivity index (χ4n) is 1.08. The van der Waals surface area contributed by atoms with Crippen LogP contribution in [0.25, 0.3) is 0 Å². The molecule has 0 heterocycles. The molecule has 0 amide bonds. The molecule has 1 rings (SSSR count). The van der Waals surface area contributed by atoms with Crippen LogP contribution in [0, 0.1) is 5.82 Å². The average molecular weight is 210 g/mol. The van der Waals surface area contributed by atoms with Gasteiger partial charge in [-0.05, 0) is 18.6 Å². The maximum atomic E-state index is 13.1. The molecular weight excluding hydrogens is 199 g/mol. The maximum absolute atomic E-state index is 13.1. The number of rotatable bonds is 5. The summed E-state index contributed by atoms with van der Waals surface area (Å²) in [5.41, 5.74) is -0.429. The first-order valence-corrected chi connectivity index (χ1v) is 4.42. The van der Waals surface area contributed by atoms with Crippen molar-refractivity contribution in [3.05, 3.63) is 42.2 Å². The zero-order chi connectivity index (χ0) is 11.3. The van der Waals surface area contributed by atoms with Gasteiger partial charge in [0.2, 0.25) is 0 Å². The van der Waals surface area contributed by atoms with E-state index < -0.39 is 17.3 Å². The molecule has 3 nitrogen and oxygen atoms in total. The third kappa shape index (κ3) is 2.80. The molecule has 0 radical (unpaired) electrons. The number of hydrogen-bond acceptors (Lipinski definition) is 2. The number of carboxylic acids is 1. The lowest BCUT2D eigenvalue weighted by Crippen LogP contribution is -2.06. The zero-order valence-electron chi connectivity index (χ0n) is 8.07. The van der Waals surface area contributed by atoms with E-state index in [1.807, 2.05) is 0 Å². The second kappa shape index (κ2) is 5.14. The second-order valence-corrected chi connectivity index (χ2v) is 2.84. The van der Waals surface area contributed by atoms with E-state index in [2.05, 4.69) is 6.58 Å². The van der Waals surface area contributed by atoms with Gasteiger partial charge in [0.1, 0.15) is 17.1 Å². The lowest BCUT2D eigenvalue weighted by Gasteiger charge is -2.08. The van der Waals surface area contributed by atoms with Crippen molar-refractivity contribution in [3.8, 4) is 5.75 Å². The van der Waals surface area contributed by atoms with Crippen LogP contribution in [0.3, 0.4) is 0 Å². The van der Waals surface area contributed by atoms with Crippen molar-refractivity contribution < 1.29 is 19.0 Å². The fourth-order valence-corrected chi connectivity index (χ4v) is 1.08. The smallest absolute Gasteiger partial charge is 0.342 e. The molecule has 15 heavy (non-hydrogen) atoms. The Labute approximate surface area is 86.8 Å². The van der Waals surface area contributed by atoms with Gasteiger partial charge in [0, 0.05) is 0 Å². The van der Waals surface area contributed by atoms with Gasteiger partial charge in [-0.15, -0.1) is 6.58 Å². The quantitative estimate of drug-likeness (QED) is 0.599. The predicted molar refractivity (Wildman–Crippen MR) is 53.7 cm³/mol. The van der Waals surface area contributed by atoms with Gasteiger partial charge in [0.05, 0.1) is 6.61 Å². The Balaban J connectivity index is 2.90. The number of carbonyl (C=O) groups is 1. The molecule has 0 unspecified atom stereocenters. The third-order valence-corrected chi connectivity index (χ3v) is 1.77. The molecule has 1 aromatic rings. The van der Waals surface area contributed by atoms with Gasteiger partial charge in [-0.3, -0.25) is 0 Å². The highest BCUT2D eigenvalue weighted by molar-refractivity contribution is 5.91. The molecule has 0 saturated carbocycles. The van der Waals surface area contributed by atoms with Crippen LogP contribution in [0.1, 0.15) is 16.8 Å². The molecule has 0 atom stereocenters. The van der Waals surface area contributed by atoms with Crippen molar-refractivity contribution in [2.45, 2.75) is 6.42 Å². The van der Waals surface area contributed by atoms with Gasteiger partial charge >= 0.3 is 5.97 Å². The van der Waals surface area contributed by atoms with Crippen molar-refractivity contribution in [1.29, 1.82) is 0 Å². The van der Waals surface area contributed by atoms with E-state index in [1.54, 1.807) is 6.08 Å². The van der Waals surface area contributed by atoms with Gasteiger partial charge in [-0.2, -0.15) is 0 Å². The van der Waals surface area contributed by atoms with E-state index in [0.717, 1.165) is 6.07 Å². The average Bonchev–Trinajstić information content (AvgIpc) is 2.17. The summed E-state index contributed by atoms with van der Waals surface area (Å²) in [6.07, 6.45) is 2.22. The summed E-state index contributed by atoms with van der Waals surface area (Å²) in [5, 5.41) is 8.76. The Morgan fingerprint density at radius 2 is 2.33 bits per heavy atom. The van der Waals surface area contributed by atoms with Crippen LogP contribution < -0.4 is 4.74 Å². The fraction of sp³-hybridized carbons (Fsp3) is 0.182. The molecular formula is C11H11FO3. The minimum Gasteiger partial charge on any atom is -0.492 e. The van der Waals surface area contributed by atoms with Crippen molar-refractivity contribution in [2.24, 2.45) is 0 Å². The van der Waals surface area contributed by atoms with Crippen LogP contribution in [-0.2, 0) is 0 Å². The van der Waals surface area contributed by atoms with E-state index in [9.17, 15) is 9.18 Å². The summed E-state index contributed by atoms with van der Waals surface area (Å²) in [7, 11) is 0. The molecule has 0 aliphatic heterocycles. The Bertz CT molecular complexity index is 374. The first kappa shape index (κ1) is 11.2. The molecule has 0 aromatic heterocycles. The summed E-state index contributed by atoms with van der Waals surface area (Å²) in [5.74, 6) is -2.08. The topological polar surface area (TPSA) is 46.5 Å². The van der Waals surface area contributed by atoms with Crippen LogP contribution in [0.2, 0.25) is 0 Å². The van der Waals surface area contributed by atoms with E-state index >= 15 is 0 Å². The summed E-state index contributed by atoms with van der Waals surface area (Å²) in [6, 6.07) is 3.92. The minimum atomic E-state index is -1.33. The summed E-state index contributed by atoms with van der Waals surface area (Å²) in [4.78, 5) is 10.7. The highest BCUT2D eigenvalue weighted by Crippen LogP contribution is 2.21. The van der Waals surface area contributed by atoms with E-state index in [1.165, 1.54) is 12.1 Å². The van der Waals surface area contributed by atoms with E-state index in [-0.39, 0.29) is 12.4 Å². The Kier molecular flexibility index (Phi) is 3.85. The van der Waals surface area contributed by atoms with Gasteiger partial charge in [0.25, 0.3) is 0 Å². The molecule has 4 heteroatoms. The first-order valence-electron chi connectivity index (χ1n) is 4.42. The standard InChI is InChI=1S/C11H11FO3/c1-2-3-7-15-9-6-4-5-8(12)10(9)11(13)14/h2,4-6H,1,3,7H2,(H,13,14). The monoisotopic (exact) mass is 210 g/mol. The Morgan fingerprint density at radius 3 is 2.93 bits per heavy atom. The molecule has 1 aromatic carbocycles. The number of halogens is 1. The molecule has 0 spiro atoms. The molecule has 0 fully saturated rings. The van der Waals surface area contributed by atoms with Crippen LogP contribution in [0.5, 0.6) is 5.75 Å². The minimum absolute atomic E-state index is 0.0457. The summed E-state index contributed by atoms with van der Waals surface area (Å²) >= 11 is 0. The number of carboxylic acid groups (broad SMARTS) is 1. The molecule has 0 bridgehead atoms. The van der Waals surface area contributed by atoms with Crippen LogP contribution in [-0.4, -0.2) is 17.7 Å². The summed E-state index contributed by atoms with van der Waals surface area (Å²) in [6.45, 7) is 3.78. The van der Waals surface area contributed by atoms with Crippen LogP contribution in [0.15, 0.2) is 30.9 Å². The molecule has 0 aliphatic rings. The SMILES string of the molecule is C=CCCOc1cccc(F)c1C(=O)O. The van der Waals surface area contributed by atoms with E-state index in [0.29, 0.717) is 6.42 Å². The molecule has 0 saturated heterocycles. The van der Waals surface area contributed by atoms with Gasteiger partial charge in [-0.25, -0.2) is 9.18 Å². The first-order chi connectivity index (χ1) is 7.16. The number of ether oxygens (including phenoxy) is 1. The predicted octanol–water partition coefficient (Wildman–Crippen LogP) is 2.48. The second-order valence-electron chi connectivity index (χ2n) is 2.84. The van der Waals surface area contributed by atoms with E-state index in [4.69, 9.17) is 9.84 Å². The lowest BCUT2D eigenvalue weighted by molar-refractivity contribution is 0.0687. The highest BCUT2D eigenvalue weighted by Gasteiger charge is 2.16. The molecule has 1 N–H and O–H groups in total. The Morgan fingerprint density at radius 1 is 1.60 bits per heavy atom.